The predicted molar refractivity (Wildman–Crippen MR) is 74.3 cm³/mol. The van der Waals surface area contributed by atoms with Gasteiger partial charge in [-0.15, -0.1) is 0 Å². The molecule has 0 rings (SSSR count). The van der Waals surface area contributed by atoms with Crippen LogP contribution in [0.1, 0.15) is 34.1 Å². The Bertz CT molecular complexity index is 291. The zero-order valence-electron chi connectivity index (χ0n) is 11.2. The number of nitrogens with one attached hydrogen (secondary N) is 2. The topological polar surface area (TPSA) is 59.6 Å². The molecule has 0 bridgehead atoms. The van der Waals surface area contributed by atoms with Gasteiger partial charge in [0.15, 0.2) is 5.11 Å². The standard InChI is InChI=1S/C10H23N2O3PS/c1-6-10(4,12-9(17)11-5)16(13,14-7-2)15-8-3/h6-8H2,1-5H3,(H2,11,12,17). The quantitative estimate of drug-likeness (QED) is 0.552. The van der Waals surface area contributed by atoms with Crippen LogP contribution in [-0.2, 0) is 13.6 Å². The van der Waals surface area contributed by atoms with Crippen LogP contribution in [0.15, 0.2) is 0 Å². The maximum atomic E-state index is 12.7. The fraction of sp³-hybridized carbons (Fsp3) is 0.900. The van der Waals surface area contributed by atoms with Crippen molar-refractivity contribution in [1.29, 1.82) is 0 Å². The fourth-order valence-corrected chi connectivity index (χ4v) is 3.58. The first kappa shape index (κ1) is 16.8. The van der Waals surface area contributed by atoms with Crippen LogP contribution in [0.2, 0.25) is 0 Å². The van der Waals surface area contributed by atoms with Gasteiger partial charge in [0.2, 0.25) is 0 Å². The molecule has 0 heterocycles. The number of hydrogen-bond donors (Lipinski definition) is 2. The Morgan fingerprint density at radius 2 is 1.76 bits per heavy atom. The molecule has 0 amide bonds. The van der Waals surface area contributed by atoms with Crippen molar-refractivity contribution >= 4 is 24.9 Å². The van der Waals surface area contributed by atoms with Crippen LogP contribution in [0.3, 0.4) is 0 Å². The van der Waals surface area contributed by atoms with E-state index < -0.39 is 12.9 Å². The van der Waals surface area contributed by atoms with Crippen molar-refractivity contribution in [3.63, 3.8) is 0 Å². The SMILES string of the molecule is CCOP(=O)(OCC)C(C)(CC)NC(=S)NC. The second kappa shape index (κ2) is 7.31. The van der Waals surface area contributed by atoms with E-state index in [1.54, 1.807) is 27.8 Å². The van der Waals surface area contributed by atoms with E-state index in [0.29, 0.717) is 24.7 Å². The molecule has 1 unspecified atom stereocenters. The van der Waals surface area contributed by atoms with Gasteiger partial charge in [-0.2, -0.15) is 0 Å². The van der Waals surface area contributed by atoms with Crippen LogP contribution in [0.5, 0.6) is 0 Å². The number of rotatable bonds is 7. The van der Waals surface area contributed by atoms with E-state index in [-0.39, 0.29) is 0 Å². The smallest absolute Gasteiger partial charge is 0.355 e. The lowest BCUT2D eigenvalue weighted by molar-refractivity contribution is 0.193. The lowest BCUT2D eigenvalue weighted by Crippen LogP contribution is -2.49. The Kier molecular flexibility index (Phi) is 7.24. The first-order valence-electron chi connectivity index (χ1n) is 5.78. The molecular weight excluding hydrogens is 259 g/mol. The summed E-state index contributed by atoms with van der Waals surface area (Å²) in [5.41, 5.74) is 0. The third-order valence-electron chi connectivity index (χ3n) is 2.50. The van der Waals surface area contributed by atoms with Gasteiger partial charge in [0.25, 0.3) is 0 Å². The lowest BCUT2D eigenvalue weighted by atomic mass is 10.2. The molecule has 102 valence electrons. The maximum Gasteiger partial charge on any atom is 0.355 e. The van der Waals surface area contributed by atoms with E-state index in [2.05, 4.69) is 10.6 Å². The molecule has 2 N–H and O–H groups in total. The predicted octanol–water partition coefficient (Wildman–Crippen LogP) is 2.47. The van der Waals surface area contributed by atoms with Crippen LogP contribution < -0.4 is 10.6 Å². The van der Waals surface area contributed by atoms with E-state index in [0.717, 1.165) is 0 Å². The second-order valence-corrected chi connectivity index (χ2v) is 6.57. The van der Waals surface area contributed by atoms with E-state index in [1.165, 1.54) is 0 Å². The van der Waals surface area contributed by atoms with Gasteiger partial charge >= 0.3 is 7.60 Å². The molecule has 0 saturated carbocycles. The van der Waals surface area contributed by atoms with Crippen LogP contribution in [-0.4, -0.2) is 30.7 Å². The maximum absolute atomic E-state index is 12.7. The molecule has 7 heteroatoms. The summed E-state index contributed by atoms with van der Waals surface area (Å²) in [7, 11) is -1.54. The highest BCUT2D eigenvalue weighted by Gasteiger charge is 2.46. The molecular formula is C10H23N2O3PS. The summed E-state index contributed by atoms with van der Waals surface area (Å²) in [6.07, 6.45) is 0.575. The molecule has 0 spiro atoms. The van der Waals surface area contributed by atoms with Crippen molar-refractivity contribution in [2.45, 2.75) is 39.4 Å². The van der Waals surface area contributed by atoms with Gasteiger partial charge in [-0.3, -0.25) is 4.57 Å². The zero-order chi connectivity index (χ0) is 13.5. The van der Waals surface area contributed by atoms with Gasteiger partial charge in [-0.25, -0.2) is 0 Å². The minimum Gasteiger partial charge on any atom is -0.366 e. The molecule has 1 atom stereocenters. The minimum absolute atomic E-state index is 0.334. The van der Waals surface area contributed by atoms with Crippen LogP contribution >= 0.6 is 19.8 Å². The summed E-state index contributed by atoms with van der Waals surface area (Å²) in [5.74, 6) is 0. The van der Waals surface area contributed by atoms with E-state index in [9.17, 15) is 4.57 Å². The first-order chi connectivity index (χ1) is 7.89. The van der Waals surface area contributed by atoms with Gasteiger partial charge < -0.3 is 19.7 Å². The van der Waals surface area contributed by atoms with Crippen molar-refractivity contribution < 1.29 is 13.6 Å². The normalized spacial score (nSPS) is 15.1. The van der Waals surface area contributed by atoms with E-state index in [1.807, 2.05) is 6.92 Å². The van der Waals surface area contributed by atoms with Crippen molar-refractivity contribution in [2.75, 3.05) is 20.3 Å². The van der Waals surface area contributed by atoms with Crippen molar-refractivity contribution in [1.82, 2.24) is 10.6 Å². The average Bonchev–Trinajstić information content (AvgIpc) is 2.29. The number of thiocarbonyl (C=S) groups is 1. The summed E-state index contributed by atoms with van der Waals surface area (Å²) in [6, 6.07) is 0. The monoisotopic (exact) mass is 282 g/mol. The highest BCUT2D eigenvalue weighted by Crippen LogP contribution is 2.59. The molecule has 0 radical (unpaired) electrons. The second-order valence-electron chi connectivity index (χ2n) is 3.66. The summed E-state index contributed by atoms with van der Waals surface area (Å²) < 4.78 is 23.4. The van der Waals surface area contributed by atoms with Crippen molar-refractivity contribution in [3.05, 3.63) is 0 Å². The Labute approximate surface area is 109 Å². The molecule has 0 aromatic rings. The molecule has 17 heavy (non-hydrogen) atoms. The lowest BCUT2D eigenvalue weighted by Gasteiger charge is -2.36. The van der Waals surface area contributed by atoms with Gasteiger partial charge in [0.1, 0.15) is 5.28 Å². The number of hydrogen-bond acceptors (Lipinski definition) is 4. The van der Waals surface area contributed by atoms with E-state index >= 15 is 0 Å². The molecule has 0 fully saturated rings. The Hall–Kier alpha value is -0.160. The first-order valence-corrected chi connectivity index (χ1v) is 7.73. The molecule has 0 aromatic heterocycles. The summed E-state index contributed by atoms with van der Waals surface area (Å²) in [6.45, 7) is 7.96. The highest BCUT2D eigenvalue weighted by atomic mass is 32.1. The minimum atomic E-state index is -3.25. The molecule has 0 aliphatic rings. The molecule has 0 saturated heterocycles. The fourth-order valence-electron chi connectivity index (χ4n) is 1.32. The molecule has 0 aromatic carbocycles. The third kappa shape index (κ3) is 4.21. The molecule has 0 aliphatic heterocycles. The van der Waals surface area contributed by atoms with Gasteiger partial charge in [0.05, 0.1) is 13.2 Å². The Balaban J connectivity index is 5.11. The van der Waals surface area contributed by atoms with Crippen molar-refractivity contribution in [2.24, 2.45) is 0 Å². The van der Waals surface area contributed by atoms with Gasteiger partial charge in [-0.05, 0) is 39.4 Å². The highest BCUT2D eigenvalue weighted by molar-refractivity contribution is 7.80. The largest absolute Gasteiger partial charge is 0.366 e. The van der Waals surface area contributed by atoms with Gasteiger partial charge in [0, 0.05) is 7.05 Å². The van der Waals surface area contributed by atoms with Gasteiger partial charge in [-0.1, -0.05) is 6.92 Å². The molecule has 0 aliphatic carbocycles. The van der Waals surface area contributed by atoms with Crippen LogP contribution in [0.25, 0.3) is 0 Å². The zero-order valence-corrected chi connectivity index (χ0v) is 12.9. The Morgan fingerprint density at radius 3 is 2.06 bits per heavy atom. The molecule has 5 nitrogen and oxygen atoms in total. The van der Waals surface area contributed by atoms with Crippen LogP contribution in [0.4, 0.5) is 0 Å². The Morgan fingerprint density at radius 1 is 1.29 bits per heavy atom. The van der Waals surface area contributed by atoms with E-state index in [4.69, 9.17) is 21.3 Å². The van der Waals surface area contributed by atoms with Crippen molar-refractivity contribution in [3.8, 4) is 0 Å². The average molecular weight is 282 g/mol. The summed E-state index contributed by atoms with van der Waals surface area (Å²) >= 11 is 5.05. The summed E-state index contributed by atoms with van der Waals surface area (Å²) in [5, 5.41) is 5.41. The summed E-state index contributed by atoms with van der Waals surface area (Å²) in [4.78, 5) is 0. The van der Waals surface area contributed by atoms with Crippen LogP contribution in [0, 0.1) is 0 Å². The third-order valence-corrected chi connectivity index (χ3v) is 5.64.